The van der Waals surface area contributed by atoms with Gasteiger partial charge in [0.25, 0.3) is 0 Å². The molecule has 0 spiro atoms. The van der Waals surface area contributed by atoms with E-state index in [1.165, 1.54) is 28.7 Å². The number of thioether (sulfide) groups is 1. The van der Waals surface area contributed by atoms with Crippen molar-refractivity contribution in [2.75, 3.05) is 18.2 Å². The lowest BCUT2D eigenvalue weighted by molar-refractivity contribution is -0.113. The Hall–Kier alpha value is -2.38. The number of hydrogen-bond acceptors (Lipinski definition) is 6. The van der Waals surface area contributed by atoms with E-state index < -0.39 is 0 Å². The van der Waals surface area contributed by atoms with Crippen molar-refractivity contribution in [3.8, 4) is 5.75 Å². The largest absolute Gasteiger partial charge is 0.497 e. The van der Waals surface area contributed by atoms with Crippen LogP contribution in [-0.2, 0) is 11.2 Å². The van der Waals surface area contributed by atoms with Gasteiger partial charge in [-0.1, -0.05) is 41.3 Å². The number of nitrogens with one attached hydrogen (secondary N) is 1. The molecule has 0 radical (unpaired) electrons. The second-order valence-electron chi connectivity index (χ2n) is 6.12. The monoisotopic (exact) mass is 399 g/mol. The lowest BCUT2D eigenvalue weighted by Gasteiger charge is -2.06. The lowest BCUT2D eigenvalue weighted by Crippen LogP contribution is -2.14. The number of hydrogen-bond donors (Lipinski definition) is 1. The zero-order valence-corrected chi connectivity index (χ0v) is 17.1. The molecule has 2 aromatic carbocycles. The Morgan fingerprint density at radius 1 is 1.11 bits per heavy atom. The third-order valence-electron chi connectivity index (χ3n) is 4.08. The number of aromatic nitrogens is 2. The summed E-state index contributed by atoms with van der Waals surface area (Å²) in [5.74, 6) is 1.10. The number of anilines is 1. The standard InChI is InChI=1S/C20H21N3O2S2/c1-13-4-7-16(10-14(13)2)21-18(24)12-26-20-23-22-19(27-20)11-15-5-8-17(25-3)9-6-15/h4-10H,11-12H2,1-3H3,(H,21,24). The van der Waals surface area contributed by atoms with E-state index in [0.717, 1.165) is 38.3 Å². The minimum atomic E-state index is -0.0462. The van der Waals surface area contributed by atoms with E-state index in [9.17, 15) is 4.79 Å². The van der Waals surface area contributed by atoms with Gasteiger partial charge < -0.3 is 10.1 Å². The molecule has 7 heteroatoms. The summed E-state index contributed by atoms with van der Waals surface area (Å²) < 4.78 is 5.97. The number of amides is 1. The summed E-state index contributed by atoms with van der Waals surface area (Å²) in [7, 11) is 1.65. The third-order valence-corrected chi connectivity index (χ3v) is 6.14. The smallest absolute Gasteiger partial charge is 0.234 e. The average molecular weight is 400 g/mol. The molecule has 0 fully saturated rings. The van der Waals surface area contributed by atoms with Gasteiger partial charge in [0.15, 0.2) is 4.34 Å². The molecule has 5 nitrogen and oxygen atoms in total. The molecule has 0 saturated carbocycles. The summed E-state index contributed by atoms with van der Waals surface area (Å²) in [5, 5.41) is 12.3. The van der Waals surface area contributed by atoms with E-state index in [-0.39, 0.29) is 5.91 Å². The van der Waals surface area contributed by atoms with Crippen LogP contribution >= 0.6 is 23.1 Å². The predicted molar refractivity (Wildman–Crippen MR) is 111 cm³/mol. The molecule has 1 amide bonds. The quantitative estimate of drug-likeness (QED) is 0.593. The molecule has 140 valence electrons. The number of rotatable bonds is 7. The number of carbonyl (C=O) groups excluding carboxylic acids is 1. The maximum atomic E-state index is 12.2. The zero-order valence-electron chi connectivity index (χ0n) is 15.5. The van der Waals surface area contributed by atoms with Crippen LogP contribution in [-0.4, -0.2) is 29.0 Å². The first-order chi connectivity index (χ1) is 13.0. The van der Waals surface area contributed by atoms with Crippen LogP contribution in [0.4, 0.5) is 5.69 Å². The molecular formula is C20H21N3O2S2. The molecule has 1 heterocycles. The highest BCUT2D eigenvalue weighted by Crippen LogP contribution is 2.25. The van der Waals surface area contributed by atoms with Crippen molar-refractivity contribution in [3.05, 3.63) is 64.2 Å². The maximum Gasteiger partial charge on any atom is 0.234 e. The predicted octanol–water partition coefficient (Wildman–Crippen LogP) is 4.49. The molecule has 3 rings (SSSR count). The normalized spacial score (nSPS) is 10.6. The van der Waals surface area contributed by atoms with Gasteiger partial charge in [-0.3, -0.25) is 4.79 Å². The van der Waals surface area contributed by atoms with Gasteiger partial charge in [0.1, 0.15) is 10.8 Å². The topological polar surface area (TPSA) is 64.1 Å². The molecule has 0 unspecified atom stereocenters. The fourth-order valence-corrected chi connectivity index (χ4v) is 4.16. The number of ether oxygens (including phenoxy) is 1. The van der Waals surface area contributed by atoms with Crippen LogP contribution < -0.4 is 10.1 Å². The highest BCUT2D eigenvalue weighted by molar-refractivity contribution is 8.01. The van der Waals surface area contributed by atoms with E-state index in [2.05, 4.69) is 22.4 Å². The maximum absolute atomic E-state index is 12.2. The van der Waals surface area contributed by atoms with Gasteiger partial charge in [-0.2, -0.15) is 0 Å². The van der Waals surface area contributed by atoms with E-state index in [1.54, 1.807) is 7.11 Å². The molecule has 0 saturated heterocycles. The summed E-state index contributed by atoms with van der Waals surface area (Å²) in [6.45, 7) is 4.08. The van der Waals surface area contributed by atoms with Crippen LogP contribution in [0.1, 0.15) is 21.7 Å². The van der Waals surface area contributed by atoms with Crippen molar-refractivity contribution >= 4 is 34.7 Å². The third kappa shape index (κ3) is 5.55. The molecule has 0 bridgehead atoms. The summed E-state index contributed by atoms with van der Waals surface area (Å²) in [5.41, 5.74) is 4.34. The molecule has 0 aliphatic heterocycles. The van der Waals surface area contributed by atoms with E-state index >= 15 is 0 Å². The van der Waals surface area contributed by atoms with E-state index in [1.807, 2.05) is 49.4 Å². The van der Waals surface area contributed by atoms with Gasteiger partial charge in [0, 0.05) is 12.1 Å². The van der Waals surface area contributed by atoms with Gasteiger partial charge in [0.2, 0.25) is 5.91 Å². The number of methoxy groups -OCH3 is 1. The lowest BCUT2D eigenvalue weighted by atomic mass is 10.1. The zero-order chi connectivity index (χ0) is 19.2. The molecule has 27 heavy (non-hydrogen) atoms. The Morgan fingerprint density at radius 3 is 2.59 bits per heavy atom. The highest BCUT2D eigenvalue weighted by Gasteiger charge is 2.10. The Bertz CT molecular complexity index is 923. The highest BCUT2D eigenvalue weighted by atomic mass is 32.2. The van der Waals surface area contributed by atoms with Gasteiger partial charge in [0.05, 0.1) is 12.9 Å². The van der Waals surface area contributed by atoms with Crippen LogP contribution in [0.15, 0.2) is 46.8 Å². The SMILES string of the molecule is COc1ccc(Cc2nnc(SCC(=O)Nc3ccc(C)c(C)c3)s2)cc1. The van der Waals surface area contributed by atoms with Crippen LogP contribution in [0.25, 0.3) is 0 Å². The summed E-state index contributed by atoms with van der Waals surface area (Å²) in [6.07, 6.45) is 0.719. The fraction of sp³-hybridized carbons (Fsp3) is 0.250. The van der Waals surface area contributed by atoms with Crippen LogP contribution in [0.2, 0.25) is 0 Å². The molecule has 1 aromatic heterocycles. The number of benzene rings is 2. The molecule has 0 aliphatic carbocycles. The average Bonchev–Trinajstić information content (AvgIpc) is 3.11. The second kappa shape index (κ2) is 9.01. The molecule has 0 atom stereocenters. The fourth-order valence-electron chi connectivity index (χ4n) is 2.43. The van der Waals surface area contributed by atoms with Crippen molar-refractivity contribution in [1.29, 1.82) is 0 Å². The van der Waals surface area contributed by atoms with Gasteiger partial charge in [-0.15, -0.1) is 10.2 Å². The first-order valence-corrected chi connectivity index (χ1v) is 10.3. The first kappa shape index (κ1) is 19.4. The molecule has 1 N–H and O–H groups in total. The van der Waals surface area contributed by atoms with Crippen molar-refractivity contribution in [2.45, 2.75) is 24.6 Å². The van der Waals surface area contributed by atoms with Gasteiger partial charge >= 0.3 is 0 Å². The summed E-state index contributed by atoms with van der Waals surface area (Å²) >= 11 is 2.93. The van der Waals surface area contributed by atoms with Crippen LogP contribution in [0.3, 0.4) is 0 Å². The molecular weight excluding hydrogens is 378 g/mol. The van der Waals surface area contributed by atoms with Gasteiger partial charge in [-0.05, 0) is 54.8 Å². The van der Waals surface area contributed by atoms with Gasteiger partial charge in [-0.25, -0.2) is 0 Å². The Balaban J connectivity index is 1.51. The van der Waals surface area contributed by atoms with Crippen LogP contribution in [0, 0.1) is 13.8 Å². The Kier molecular flexibility index (Phi) is 6.47. The van der Waals surface area contributed by atoms with Crippen LogP contribution in [0.5, 0.6) is 5.75 Å². The number of aryl methyl sites for hydroxylation is 2. The Labute approximate surface area is 167 Å². The molecule has 3 aromatic rings. The van der Waals surface area contributed by atoms with Crippen molar-refractivity contribution in [2.24, 2.45) is 0 Å². The minimum Gasteiger partial charge on any atom is -0.497 e. The van der Waals surface area contributed by atoms with E-state index in [0.29, 0.717) is 5.75 Å². The Morgan fingerprint density at radius 2 is 1.89 bits per heavy atom. The first-order valence-electron chi connectivity index (χ1n) is 8.48. The van der Waals surface area contributed by atoms with Crippen molar-refractivity contribution < 1.29 is 9.53 Å². The number of carbonyl (C=O) groups is 1. The van der Waals surface area contributed by atoms with Crippen molar-refractivity contribution in [1.82, 2.24) is 10.2 Å². The summed E-state index contributed by atoms with van der Waals surface area (Å²) in [6, 6.07) is 13.8. The van der Waals surface area contributed by atoms with Crippen molar-refractivity contribution in [3.63, 3.8) is 0 Å². The number of nitrogens with zero attached hydrogens (tertiary/aromatic N) is 2. The summed E-state index contributed by atoms with van der Waals surface area (Å²) in [4.78, 5) is 12.2. The molecule has 0 aliphatic rings. The van der Waals surface area contributed by atoms with E-state index in [4.69, 9.17) is 4.74 Å². The second-order valence-corrected chi connectivity index (χ2v) is 8.41. The minimum absolute atomic E-state index is 0.0462.